The summed E-state index contributed by atoms with van der Waals surface area (Å²) in [6.07, 6.45) is 4.85. The molecule has 1 amide bonds. The predicted molar refractivity (Wildman–Crippen MR) is 123 cm³/mol. The molecular weight excluding hydrogens is 408 g/mol. The van der Waals surface area contributed by atoms with Crippen molar-refractivity contribution < 1.29 is 9.59 Å². The number of aromatic nitrogens is 2. The molecule has 5 rings (SSSR count). The van der Waals surface area contributed by atoms with Gasteiger partial charge >= 0.3 is 6.03 Å². The molecule has 3 aromatic rings. The Balaban J connectivity index is 1.19. The van der Waals surface area contributed by atoms with Gasteiger partial charge in [-0.05, 0) is 67.3 Å². The van der Waals surface area contributed by atoms with Crippen molar-refractivity contribution in [1.29, 1.82) is 0 Å². The van der Waals surface area contributed by atoms with Crippen LogP contribution in [-0.2, 0) is 6.54 Å². The van der Waals surface area contributed by atoms with Crippen LogP contribution in [0.5, 0.6) is 0 Å². The molecule has 2 fully saturated rings. The fourth-order valence-electron chi connectivity index (χ4n) is 5.00. The number of likely N-dealkylation sites (tertiary alicyclic amines) is 2. The molecule has 31 heavy (non-hydrogen) atoms. The Bertz CT molecular complexity index is 1140. The summed E-state index contributed by atoms with van der Waals surface area (Å²) in [5.74, 6) is -0.121. The normalized spacial score (nSPS) is 18.8. The van der Waals surface area contributed by atoms with E-state index in [0.29, 0.717) is 11.1 Å². The van der Waals surface area contributed by atoms with Gasteiger partial charge in [-0.1, -0.05) is 12.1 Å². The van der Waals surface area contributed by atoms with E-state index >= 15 is 0 Å². The van der Waals surface area contributed by atoms with Crippen LogP contribution in [0.2, 0.25) is 0 Å². The molecule has 7 heteroatoms. The van der Waals surface area contributed by atoms with E-state index in [9.17, 15) is 9.59 Å². The molecule has 0 unspecified atom stereocenters. The second kappa shape index (κ2) is 7.88. The second-order valence-electron chi connectivity index (χ2n) is 9.19. The Morgan fingerprint density at radius 3 is 2.61 bits per heavy atom. The third kappa shape index (κ3) is 4.04. The van der Waals surface area contributed by atoms with Gasteiger partial charge < -0.3 is 4.90 Å². The maximum atomic E-state index is 12.8. The summed E-state index contributed by atoms with van der Waals surface area (Å²) in [5.41, 5.74) is 1.97. The Hall–Kier alpha value is -2.51. The molecule has 6 nitrogen and oxygen atoms in total. The highest BCUT2D eigenvalue weighted by Crippen LogP contribution is 2.41. The molecule has 0 bridgehead atoms. The smallest absolute Gasteiger partial charge is 0.323 e. The van der Waals surface area contributed by atoms with Crippen molar-refractivity contribution in [3.63, 3.8) is 0 Å². The Morgan fingerprint density at radius 1 is 1.10 bits per heavy atom. The molecule has 0 saturated carbocycles. The number of piperidine rings is 1. The first-order valence-electron chi connectivity index (χ1n) is 11.0. The van der Waals surface area contributed by atoms with Gasteiger partial charge in [0.25, 0.3) is 0 Å². The Labute approximate surface area is 186 Å². The van der Waals surface area contributed by atoms with Crippen LogP contribution in [0, 0.1) is 12.3 Å². The lowest BCUT2D eigenvalue weighted by Crippen LogP contribution is -2.45. The first kappa shape index (κ1) is 20.4. The lowest BCUT2D eigenvalue weighted by Gasteiger charge is -2.39. The number of fused-ring (bicyclic) bond motifs is 1. The number of carbonyl (C=O) groups is 2. The fourth-order valence-corrected chi connectivity index (χ4v) is 6.20. The average molecular weight is 437 g/mol. The van der Waals surface area contributed by atoms with E-state index in [1.54, 1.807) is 12.3 Å². The highest BCUT2D eigenvalue weighted by atomic mass is 32.1. The number of benzene rings is 1. The molecule has 0 aliphatic carbocycles. The summed E-state index contributed by atoms with van der Waals surface area (Å²) in [6, 6.07) is 10.5. The van der Waals surface area contributed by atoms with Crippen molar-refractivity contribution >= 4 is 33.2 Å². The highest BCUT2D eigenvalue weighted by Gasteiger charge is 2.41. The van der Waals surface area contributed by atoms with E-state index in [1.165, 1.54) is 38.6 Å². The van der Waals surface area contributed by atoms with Crippen molar-refractivity contribution in [3.05, 3.63) is 52.7 Å². The molecular formula is C24H28N4O2S. The van der Waals surface area contributed by atoms with Gasteiger partial charge in [-0.3, -0.25) is 9.69 Å². The number of carbonyl (C=O) groups excluding carboxylic acids is 2. The van der Waals surface area contributed by atoms with Gasteiger partial charge in [-0.15, -0.1) is 11.3 Å². The number of nitrogens with zero attached hydrogens (tertiary/aromatic N) is 4. The fraction of sp³-hybridized carbons (Fsp3) is 0.458. The summed E-state index contributed by atoms with van der Waals surface area (Å²) in [6.45, 7) is 8.38. The molecule has 0 N–H and O–H groups in total. The van der Waals surface area contributed by atoms with Crippen LogP contribution in [0.1, 0.15) is 47.1 Å². The number of aryl methyl sites for hydroxylation is 1. The number of amides is 1. The lowest BCUT2D eigenvalue weighted by molar-refractivity contribution is 0.101. The van der Waals surface area contributed by atoms with Gasteiger partial charge in [-0.25, -0.2) is 4.79 Å². The highest BCUT2D eigenvalue weighted by molar-refractivity contribution is 7.19. The topological polar surface area (TPSA) is 58.4 Å². The Kier molecular flexibility index (Phi) is 5.18. The standard InChI is InChI=1S/C24H28N4O2S/c1-17-3-4-19-14-20(31-22(19)13-17)15-26-10-6-24(16-26)7-11-27(12-8-24)23(30)28-9-5-21(25-28)18(2)29/h3-5,9,13-14H,6-8,10-12,15-16H2,1-2H3. The molecule has 162 valence electrons. The van der Waals surface area contributed by atoms with Crippen LogP contribution < -0.4 is 0 Å². The van der Waals surface area contributed by atoms with Gasteiger partial charge in [0, 0.05) is 48.9 Å². The molecule has 2 saturated heterocycles. The van der Waals surface area contributed by atoms with E-state index in [4.69, 9.17) is 0 Å². The van der Waals surface area contributed by atoms with E-state index < -0.39 is 0 Å². The first-order valence-corrected chi connectivity index (χ1v) is 11.8. The minimum atomic E-state index is -0.127. The summed E-state index contributed by atoms with van der Waals surface area (Å²) in [4.78, 5) is 30.1. The van der Waals surface area contributed by atoms with Crippen LogP contribution in [0.4, 0.5) is 4.79 Å². The average Bonchev–Trinajstić information content (AvgIpc) is 3.47. The van der Waals surface area contributed by atoms with Crippen molar-refractivity contribution in [1.82, 2.24) is 19.6 Å². The quantitative estimate of drug-likeness (QED) is 0.565. The minimum Gasteiger partial charge on any atom is -0.323 e. The van der Waals surface area contributed by atoms with Crippen LogP contribution >= 0.6 is 11.3 Å². The van der Waals surface area contributed by atoms with Crippen molar-refractivity contribution in [3.8, 4) is 0 Å². The van der Waals surface area contributed by atoms with Crippen molar-refractivity contribution in [2.75, 3.05) is 26.2 Å². The summed E-state index contributed by atoms with van der Waals surface area (Å²) in [5, 5.41) is 5.47. The number of hydrogen-bond donors (Lipinski definition) is 0. The summed E-state index contributed by atoms with van der Waals surface area (Å²) < 4.78 is 2.68. The number of Topliss-reactive ketones (excluding diaryl/α,β-unsaturated/α-hetero) is 1. The molecule has 2 aliphatic rings. The lowest BCUT2D eigenvalue weighted by atomic mass is 9.78. The molecule has 2 aliphatic heterocycles. The summed E-state index contributed by atoms with van der Waals surface area (Å²) >= 11 is 1.91. The molecule has 0 radical (unpaired) electrons. The van der Waals surface area contributed by atoms with Crippen LogP contribution in [-0.4, -0.2) is 57.6 Å². The number of ketones is 1. The van der Waals surface area contributed by atoms with Crippen LogP contribution in [0.15, 0.2) is 36.5 Å². The van der Waals surface area contributed by atoms with Gasteiger partial charge in [-0.2, -0.15) is 9.78 Å². The summed E-state index contributed by atoms with van der Waals surface area (Å²) in [7, 11) is 0. The van der Waals surface area contributed by atoms with Crippen molar-refractivity contribution in [2.45, 2.75) is 39.7 Å². The maximum absolute atomic E-state index is 12.8. The maximum Gasteiger partial charge on any atom is 0.344 e. The SMILES string of the molecule is CC(=O)c1ccn(C(=O)N2CCC3(CCN(Cc4cc5ccc(C)cc5s4)C3)CC2)n1. The number of rotatable bonds is 3. The number of thiophene rings is 1. The molecule has 1 spiro atoms. The van der Waals surface area contributed by atoms with Gasteiger partial charge in [0.2, 0.25) is 0 Å². The predicted octanol–water partition coefficient (Wildman–Crippen LogP) is 4.57. The zero-order chi connectivity index (χ0) is 21.6. The van der Waals surface area contributed by atoms with Crippen molar-refractivity contribution in [2.24, 2.45) is 5.41 Å². The van der Waals surface area contributed by atoms with Gasteiger partial charge in [0.05, 0.1) is 0 Å². The van der Waals surface area contributed by atoms with E-state index in [0.717, 1.165) is 45.6 Å². The molecule has 1 aromatic carbocycles. The van der Waals surface area contributed by atoms with E-state index in [2.05, 4.69) is 41.2 Å². The first-order chi connectivity index (χ1) is 14.9. The zero-order valence-corrected chi connectivity index (χ0v) is 19.0. The molecule has 2 aromatic heterocycles. The van der Waals surface area contributed by atoms with Gasteiger partial charge in [0.15, 0.2) is 5.78 Å². The molecule has 4 heterocycles. The molecule has 0 atom stereocenters. The second-order valence-corrected chi connectivity index (χ2v) is 10.4. The van der Waals surface area contributed by atoms with Crippen LogP contribution in [0.25, 0.3) is 10.1 Å². The number of hydrogen-bond acceptors (Lipinski definition) is 5. The van der Waals surface area contributed by atoms with E-state index in [1.807, 2.05) is 16.2 Å². The third-order valence-electron chi connectivity index (χ3n) is 6.86. The zero-order valence-electron chi connectivity index (χ0n) is 18.1. The van der Waals surface area contributed by atoms with Gasteiger partial charge in [0.1, 0.15) is 5.69 Å². The van der Waals surface area contributed by atoms with E-state index in [-0.39, 0.29) is 11.8 Å². The Morgan fingerprint density at radius 2 is 1.87 bits per heavy atom. The monoisotopic (exact) mass is 436 g/mol. The van der Waals surface area contributed by atoms with Crippen LogP contribution in [0.3, 0.4) is 0 Å². The minimum absolute atomic E-state index is 0.121. The third-order valence-corrected chi connectivity index (χ3v) is 7.95. The largest absolute Gasteiger partial charge is 0.344 e.